The predicted molar refractivity (Wildman–Crippen MR) is 65.6 cm³/mol. The molecule has 1 aliphatic heterocycles. The maximum Gasteiger partial charge on any atom is 0.227 e. The van der Waals surface area contributed by atoms with Gasteiger partial charge in [-0.05, 0) is 11.6 Å². The molecule has 5 heteroatoms. The highest BCUT2D eigenvalue weighted by Crippen LogP contribution is 2.16. The first kappa shape index (κ1) is 11.0. The van der Waals surface area contributed by atoms with E-state index in [1.807, 2.05) is 17.0 Å². The van der Waals surface area contributed by atoms with E-state index in [4.69, 9.17) is 0 Å². The molecule has 0 unspecified atom stereocenters. The van der Waals surface area contributed by atoms with Crippen LogP contribution in [0.25, 0.3) is 0 Å². The van der Waals surface area contributed by atoms with Crippen molar-refractivity contribution in [3.63, 3.8) is 0 Å². The smallest absolute Gasteiger partial charge is 0.227 e. The van der Waals surface area contributed by atoms with Crippen LogP contribution in [0.15, 0.2) is 30.7 Å². The van der Waals surface area contributed by atoms with Crippen LogP contribution < -0.4 is 0 Å². The maximum absolute atomic E-state index is 12.2. The zero-order chi connectivity index (χ0) is 12.4. The van der Waals surface area contributed by atoms with E-state index >= 15 is 0 Å². The number of fused-ring (bicyclic) bond motifs is 1. The first-order chi connectivity index (χ1) is 8.83. The number of nitrogens with one attached hydrogen (secondary N) is 1. The van der Waals surface area contributed by atoms with Gasteiger partial charge in [0.2, 0.25) is 5.91 Å². The third-order valence-corrected chi connectivity index (χ3v) is 3.23. The molecule has 0 fully saturated rings. The number of aromatic nitrogens is 3. The molecule has 2 aromatic heterocycles. The number of amides is 1. The van der Waals surface area contributed by atoms with E-state index in [9.17, 15) is 4.79 Å². The molecule has 92 valence electrons. The number of nitrogens with zero attached hydrogens (tertiary/aromatic N) is 3. The van der Waals surface area contributed by atoms with Crippen LogP contribution in [0, 0.1) is 0 Å². The van der Waals surface area contributed by atoms with E-state index in [1.165, 1.54) is 0 Å². The van der Waals surface area contributed by atoms with Gasteiger partial charge in [0.1, 0.15) is 0 Å². The van der Waals surface area contributed by atoms with Gasteiger partial charge in [0.25, 0.3) is 0 Å². The molecule has 5 nitrogen and oxygen atoms in total. The third-order valence-electron chi connectivity index (χ3n) is 3.23. The van der Waals surface area contributed by atoms with Crippen LogP contribution in [-0.2, 0) is 24.2 Å². The lowest BCUT2D eigenvalue weighted by atomic mass is 10.1. The minimum atomic E-state index is 0.148. The van der Waals surface area contributed by atoms with Crippen molar-refractivity contribution in [1.29, 1.82) is 0 Å². The summed E-state index contributed by atoms with van der Waals surface area (Å²) in [5.41, 5.74) is 3.24. The first-order valence-corrected chi connectivity index (χ1v) is 6.01. The number of carbonyl (C=O) groups is 1. The van der Waals surface area contributed by atoms with Gasteiger partial charge in [0, 0.05) is 43.2 Å². The first-order valence-electron chi connectivity index (χ1n) is 6.01. The second-order valence-electron chi connectivity index (χ2n) is 4.48. The Balaban J connectivity index is 1.68. The normalized spacial score (nSPS) is 14.3. The van der Waals surface area contributed by atoms with E-state index in [0.717, 1.165) is 29.8 Å². The number of carbonyl (C=O) groups excluding carboxylic acids is 1. The van der Waals surface area contributed by atoms with Gasteiger partial charge < -0.3 is 4.90 Å². The van der Waals surface area contributed by atoms with E-state index < -0.39 is 0 Å². The van der Waals surface area contributed by atoms with Gasteiger partial charge in [-0.25, -0.2) is 0 Å². The average Bonchev–Trinajstić information content (AvgIpc) is 2.87. The Hall–Kier alpha value is -2.17. The molecule has 1 N–H and O–H groups in total. The lowest BCUT2D eigenvalue weighted by Gasteiger charge is -2.26. The van der Waals surface area contributed by atoms with Gasteiger partial charge in [-0.2, -0.15) is 5.10 Å². The molecule has 1 aliphatic rings. The fraction of sp³-hybridized carbons (Fsp3) is 0.308. The molecule has 0 saturated carbocycles. The SMILES string of the molecule is O=C(Cc1cccnc1)N1CCc2[nH]ncc2C1. The van der Waals surface area contributed by atoms with Crippen LogP contribution in [0.4, 0.5) is 0 Å². The van der Waals surface area contributed by atoms with Crippen LogP contribution in [0.2, 0.25) is 0 Å². The standard InChI is InChI=1S/C13H14N4O/c18-13(6-10-2-1-4-14-7-10)17-5-3-12-11(9-17)8-15-16-12/h1-2,4,7-8H,3,5-6,9H2,(H,15,16). The summed E-state index contributed by atoms with van der Waals surface area (Å²) >= 11 is 0. The number of hydrogen-bond donors (Lipinski definition) is 1. The molecular formula is C13H14N4O. The summed E-state index contributed by atoms with van der Waals surface area (Å²) in [5, 5.41) is 6.98. The van der Waals surface area contributed by atoms with Gasteiger partial charge >= 0.3 is 0 Å². The fourth-order valence-electron chi connectivity index (χ4n) is 2.22. The van der Waals surface area contributed by atoms with Crippen LogP contribution in [0.5, 0.6) is 0 Å². The Kier molecular flexibility index (Phi) is 2.80. The summed E-state index contributed by atoms with van der Waals surface area (Å²) in [4.78, 5) is 18.1. The number of H-pyrrole nitrogens is 1. The molecule has 2 aromatic rings. The van der Waals surface area contributed by atoms with Crippen molar-refractivity contribution in [2.45, 2.75) is 19.4 Å². The molecule has 0 aliphatic carbocycles. The second-order valence-corrected chi connectivity index (χ2v) is 4.48. The summed E-state index contributed by atoms with van der Waals surface area (Å²) < 4.78 is 0. The molecule has 0 aromatic carbocycles. The van der Waals surface area contributed by atoms with Crippen molar-refractivity contribution in [3.8, 4) is 0 Å². The lowest BCUT2D eigenvalue weighted by molar-refractivity contribution is -0.131. The largest absolute Gasteiger partial charge is 0.338 e. The lowest BCUT2D eigenvalue weighted by Crippen LogP contribution is -2.36. The van der Waals surface area contributed by atoms with Crippen molar-refractivity contribution in [2.24, 2.45) is 0 Å². The topological polar surface area (TPSA) is 61.9 Å². The molecule has 3 rings (SSSR count). The Morgan fingerprint density at radius 1 is 1.44 bits per heavy atom. The van der Waals surface area contributed by atoms with Crippen LogP contribution in [0.1, 0.15) is 16.8 Å². The highest BCUT2D eigenvalue weighted by Gasteiger charge is 2.21. The highest BCUT2D eigenvalue weighted by molar-refractivity contribution is 5.78. The quantitative estimate of drug-likeness (QED) is 0.852. The molecule has 18 heavy (non-hydrogen) atoms. The van der Waals surface area contributed by atoms with Crippen molar-refractivity contribution in [2.75, 3.05) is 6.54 Å². The van der Waals surface area contributed by atoms with Crippen LogP contribution in [-0.4, -0.2) is 32.5 Å². The summed E-state index contributed by atoms with van der Waals surface area (Å²) in [7, 11) is 0. The van der Waals surface area contributed by atoms with Crippen LogP contribution in [0.3, 0.4) is 0 Å². The van der Waals surface area contributed by atoms with Crippen molar-refractivity contribution in [1.82, 2.24) is 20.1 Å². The molecule has 0 radical (unpaired) electrons. The van der Waals surface area contributed by atoms with E-state index in [-0.39, 0.29) is 5.91 Å². The minimum Gasteiger partial charge on any atom is -0.338 e. The molecule has 0 bridgehead atoms. The maximum atomic E-state index is 12.2. The van der Waals surface area contributed by atoms with Gasteiger partial charge in [-0.3, -0.25) is 14.9 Å². The van der Waals surface area contributed by atoms with Crippen molar-refractivity contribution < 1.29 is 4.79 Å². The number of aromatic amines is 1. The molecule has 0 saturated heterocycles. The van der Waals surface area contributed by atoms with E-state index in [2.05, 4.69) is 15.2 Å². The molecule has 3 heterocycles. The molecule has 0 spiro atoms. The number of pyridine rings is 1. The van der Waals surface area contributed by atoms with Gasteiger partial charge in [-0.15, -0.1) is 0 Å². The average molecular weight is 242 g/mol. The summed E-state index contributed by atoms with van der Waals surface area (Å²) in [6.45, 7) is 1.42. The Morgan fingerprint density at radius 2 is 2.39 bits per heavy atom. The van der Waals surface area contributed by atoms with Crippen molar-refractivity contribution in [3.05, 3.63) is 47.5 Å². The molecular weight excluding hydrogens is 228 g/mol. The zero-order valence-corrected chi connectivity index (χ0v) is 9.97. The second kappa shape index (κ2) is 4.60. The number of rotatable bonds is 2. The summed E-state index contributed by atoms with van der Waals surface area (Å²) in [6, 6.07) is 3.78. The molecule has 1 amide bonds. The Labute approximate surface area is 105 Å². The van der Waals surface area contributed by atoms with E-state index in [1.54, 1.807) is 18.6 Å². The van der Waals surface area contributed by atoms with E-state index in [0.29, 0.717) is 13.0 Å². The van der Waals surface area contributed by atoms with Gasteiger partial charge in [0.05, 0.1) is 12.6 Å². The molecule has 0 atom stereocenters. The number of hydrogen-bond acceptors (Lipinski definition) is 3. The summed E-state index contributed by atoms with van der Waals surface area (Å²) in [5.74, 6) is 0.148. The monoisotopic (exact) mass is 242 g/mol. The van der Waals surface area contributed by atoms with Gasteiger partial charge in [-0.1, -0.05) is 6.07 Å². The van der Waals surface area contributed by atoms with Crippen LogP contribution >= 0.6 is 0 Å². The highest BCUT2D eigenvalue weighted by atomic mass is 16.2. The van der Waals surface area contributed by atoms with Gasteiger partial charge in [0.15, 0.2) is 0 Å². The third kappa shape index (κ3) is 2.11. The Morgan fingerprint density at radius 3 is 3.22 bits per heavy atom. The minimum absolute atomic E-state index is 0.148. The zero-order valence-electron chi connectivity index (χ0n) is 9.97. The van der Waals surface area contributed by atoms with Crippen molar-refractivity contribution >= 4 is 5.91 Å². The fourth-order valence-corrected chi connectivity index (χ4v) is 2.22. The summed E-state index contributed by atoms with van der Waals surface area (Å²) in [6.07, 6.45) is 6.53. The Bertz CT molecular complexity index is 549. The predicted octanol–water partition coefficient (Wildman–Crippen LogP) is 0.932.